The molecule has 1 aromatic rings. The van der Waals surface area contributed by atoms with Gasteiger partial charge in [-0.2, -0.15) is 5.10 Å². The lowest BCUT2D eigenvalue weighted by atomic mass is 9.54. The van der Waals surface area contributed by atoms with E-state index in [4.69, 9.17) is 10.5 Å². The van der Waals surface area contributed by atoms with Crippen LogP contribution in [0.4, 0.5) is 5.82 Å². The molecule has 0 aliphatic heterocycles. The standard InChI is InChI=1S/C18H32N4O2.ClH/c1-8-24-13-11-18(19,17(13,5)6)15(23)20-14-9-12(21-22(14)7)10-16(2,3)4;/h9,13H,8,10-11,19H2,1-7H3,(H,20,23);1H. The first kappa shape index (κ1) is 21.9. The maximum atomic E-state index is 12.8. The molecule has 0 spiro atoms. The molecule has 6 nitrogen and oxygen atoms in total. The Bertz CT molecular complexity index is 621. The van der Waals surface area contributed by atoms with Gasteiger partial charge in [0.25, 0.3) is 0 Å². The Balaban J connectivity index is 0.00000312. The third-order valence-electron chi connectivity index (χ3n) is 5.12. The average molecular weight is 373 g/mol. The fourth-order valence-electron chi connectivity index (χ4n) is 3.32. The summed E-state index contributed by atoms with van der Waals surface area (Å²) in [5.74, 6) is 0.508. The van der Waals surface area contributed by atoms with Gasteiger partial charge in [0, 0.05) is 31.6 Å². The van der Waals surface area contributed by atoms with Crippen LogP contribution >= 0.6 is 12.4 Å². The van der Waals surface area contributed by atoms with Crippen molar-refractivity contribution in [1.29, 1.82) is 0 Å². The van der Waals surface area contributed by atoms with Gasteiger partial charge in [0.2, 0.25) is 5.91 Å². The van der Waals surface area contributed by atoms with E-state index in [1.807, 2.05) is 33.9 Å². The number of aryl methyl sites for hydroxylation is 1. The molecule has 1 aliphatic carbocycles. The summed E-state index contributed by atoms with van der Waals surface area (Å²) in [4.78, 5) is 12.8. The molecule has 1 aliphatic rings. The van der Waals surface area contributed by atoms with Gasteiger partial charge in [0.15, 0.2) is 0 Å². The molecule has 7 heteroatoms. The second-order valence-corrected chi connectivity index (χ2v) is 8.68. The summed E-state index contributed by atoms with van der Waals surface area (Å²) >= 11 is 0. The third kappa shape index (κ3) is 4.18. The SMILES string of the molecule is CCOC1CC(N)(C(=O)Nc2cc(CC(C)(C)C)nn2C)C1(C)C.Cl. The van der Waals surface area contributed by atoms with E-state index in [0.29, 0.717) is 18.8 Å². The number of aromatic nitrogens is 2. The number of hydrogen-bond acceptors (Lipinski definition) is 4. The van der Waals surface area contributed by atoms with E-state index >= 15 is 0 Å². The summed E-state index contributed by atoms with van der Waals surface area (Å²) in [6, 6.07) is 1.93. The molecule has 1 amide bonds. The van der Waals surface area contributed by atoms with Crippen LogP contribution in [0.25, 0.3) is 0 Å². The number of nitrogens with one attached hydrogen (secondary N) is 1. The highest BCUT2D eigenvalue weighted by molar-refractivity contribution is 5.99. The number of halogens is 1. The monoisotopic (exact) mass is 372 g/mol. The van der Waals surface area contributed by atoms with Crippen LogP contribution < -0.4 is 11.1 Å². The number of rotatable bonds is 5. The van der Waals surface area contributed by atoms with Crippen LogP contribution in [0.15, 0.2) is 6.07 Å². The highest BCUT2D eigenvalue weighted by Gasteiger charge is 2.62. The highest BCUT2D eigenvalue weighted by atomic mass is 35.5. The first-order valence-electron chi connectivity index (χ1n) is 8.65. The Kier molecular flexibility index (Phi) is 6.36. The minimum atomic E-state index is -0.929. The maximum absolute atomic E-state index is 12.8. The zero-order valence-corrected chi connectivity index (χ0v) is 17.3. The highest BCUT2D eigenvalue weighted by Crippen LogP contribution is 2.50. The zero-order valence-electron chi connectivity index (χ0n) is 16.5. The van der Waals surface area contributed by atoms with E-state index in [1.54, 1.807) is 4.68 Å². The first-order chi connectivity index (χ1) is 10.9. The largest absolute Gasteiger partial charge is 0.378 e. The van der Waals surface area contributed by atoms with Crippen LogP contribution in [0, 0.1) is 10.8 Å². The van der Waals surface area contributed by atoms with Gasteiger partial charge in [0.05, 0.1) is 11.8 Å². The molecule has 2 rings (SSSR count). The van der Waals surface area contributed by atoms with Crippen molar-refractivity contribution in [3.05, 3.63) is 11.8 Å². The van der Waals surface area contributed by atoms with Crippen molar-refractivity contribution >= 4 is 24.1 Å². The molecule has 1 aromatic heterocycles. The molecule has 1 heterocycles. The van der Waals surface area contributed by atoms with Crippen molar-refractivity contribution in [2.75, 3.05) is 11.9 Å². The second-order valence-electron chi connectivity index (χ2n) is 8.68. The maximum Gasteiger partial charge on any atom is 0.246 e. The van der Waals surface area contributed by atoms with Gasteiger partial charge in [-0.3, -0.25) is 9.48 Å². The Morgan fingerprint density at radius 1 is 1.48 bits per heavy atom. The quantitative estimate of drug-likeness (QED) is 0.832. The molecule has 2 unspecified atom stereocenters. The molecular weight excluding hydrogens is 340 g/mol. The number of carbonyl (C=O) groups excluding carboxylic acids is 1. The summed E-state index contributed by atoms with van der Waals surface area (Å²) in [5.41, 5.74) is 6.21. The van der Waals surface area contributed by atoms with Gasteiger partial charge in [-0.25, -0.2) is 0 Å². The molecule has 144 valence electrons. The number of anilines is 1. The first-order valence-corrected chi connectivity index (χ1v) is 8.65. The molecule has 1 fully saturated rings. The number of amides is 1. The number of nitrogens with two attached hydrogens (primary N) is 1. The Labute approximate surface area is 157 Å². The van der Waals surface area contributed by atoms with Gasteiger partial charge in [-0.05, 0) is 18.8 Å². The lowest BCUT2D eigenvalue weighted by molar-refractivity contribution is -0.166. The lowest BCUT2D eigenvalue weighted by Gasteiger charge is -2.57. The van der Waals surface area contributed by atoms with Gasteiger partial charge in [-0.15, -0.1) is 12.4 Å². The topological polar surface area (TPSA) is 82.2 Å². The van der Waals surface area contributed by atoms with Crippen molar-refractivity contribution in [1.82, 2.24) is 9.78 Å². The van der Waals surface area contributed by atoms with Gasteiger partial charge in [0.1, 0.15) is 11.4 Å². The average Bonchev–Trinajstić information content (AvgIpc) is 2.75. The van der Waals surface area contributed by atoms with Gasteiger partial charge >= 0.3 is 0 Å². The van der Waals surface area contributed by atoms with Crippen LogP contribution in [-0.4, -0.2) is 33.9 Å². The van der Waals surface area contributed by atoms with E-state index in [-0.39, 0.29) is 29.8 Å². The van der Waals surface area contributed by atoms with E-state index < -0.39 is 11.0 Å². The molecule has 0 bridgehead atoms. The number of nitrogens with zero attached hydrogens (tertiary/aromatic N) is 2. The minimum Gasteiger partial charge on any atom is -0.378 e. The molecule has 25 heavy (non-hydrogen) atoms. The summed E-state index contributed by atoms with van der Waals surface area (Å²) in [5, 5.41) is 7.45. The Morgan fingerprint density at radius 2 is 2.08 bits per heavy atom. The van der Waals surface area contributed by atoms with Crippen LogP contribution in [-0.2, 0) is 23.0 Å². The van der Waals surface area contributed by atoms with Crippen LogP contribution in [0.3, 0.4) is 0 Å². The predicted octanol–water partition coefficient (Wildman–Crippen LogP) is 2.90. The Morgan fingerprint density at radius 3 is 2.56 bits per heavy atom. The van der Waals surface area contributed by atoms with Crippen LogP contribution in [0.1, 0.15) is 53.7 Å². The van der Waals surface area contributed by atoms with E-state index in [1.165, 1.54) is 0 Å². The lowest BCUT2D eigenvalue weighted by Crippen LogP contribution is -2.74. The van der Waals surface area contributed by atoms with Crippen molar-refractivity contribution < 1.29 is 9.53 Å². The van der Waals surface area contributed by atoms with Gasteiger partial charge < -0.3 is 15.8 Å². The van der Waals surface area contributed by atoms with Crippen molar-refractivity contribution in [3.8, 4) is 0 Å². The smallest absolute Gasteiger partial charge is 0.246 e. The van der Waals surface area contributed by atoms with E-state index in [0.717, 1.165) is 12.1 Å². The molecule has 0 saturated heterocycles. The second kappa shape index (κ2) is 7.25. The molecular formula is C18H33ClN4O2. The Hall–Kier alpha value is -1.11. The molecule has 1 saturated carbocycles. The van der Waals surface area contributed by atoms with Crippen LogP contribution in [0.5, 0.6) is 0 Å². The molecule has 0 radical (unpaired) electrons. The molecule has 2 atom stereocenters. The van der Waals surface area contributed by atoms with E-state index in [9.17, 15) is 4.79 Å². The predicted molar refractivity (Wildman–Crippen MR) is 103 cm³/mol. The summed E-state index contributed by atoms with van der Waals surface area (Å²) in [6.45, 7) is 13.1. The number of ether oxygens (including phenoxy) is 1. The van der Waals surface area contributed by atoms with Gasteiger partial charge in [-0.1, -0.05) is 34.6 Å². The minimum absolute atomic E-state index is 0. The van der Waals surface area contributed by atoms with E-state index in [2.05, 4.69) is 31.2 Å². The summed E-state index contributed by atoms with van der Waals surface area (Å²) in [6.07, 6.45) is 1.40. The molecule has 0 aromatic carbocycles. The van der Waals surface area contributed by atoms with Crippen LogP contribution in [0.2, 0.25) is 0 Å². The summed E-state index contributed by atoms with van der Waals surface area (Å²) < 4.78 is 7.40. The normalized spacial score (nSPS) is 25.0. The fraction of sp³-hybridized carbons (Fsp3) is 0.778. The zero-order chi connectivity index (χ0) is 18.3. The third-order valence-corrected chi connectivity index (χ3v) is 5.12. The summed E-state index contributed by atoms with van der Waals surface area (Å²) in [7, 11) is 1.83. The van der Waals surface area contributed by atoms with Crippen molar-refractivity contribution in [2.24, 2.45) is 23.6 Å². The fourth-order valence-corrected chi connectivity index (χ4v) is 3.32. The van der Waals surface area contributed by atoms with Crippen molar-refractivity contribution in [3.63, 3.8) is 0 Å². The number of carbonyl (C=O) groups is 1. The van der Waals surface area contributed by atoms with Crippen molar-refractivity contribution in [2.45, 2.75) is 66.0 Å². The molecule has 3 N–H and O–H groups in total. The number of hydrogen-bond donors (Lipinski definition) is 2.